The minimum atomic E-state index is 0.801. The highest BCUT2D eigenvalue weighted by Gasteiger charge is 2.23. The van der Waals surface area contributed by atoms with Crippen LogP contribution in [0, 0.1) is 5.92 Å². The lowest BCUT2D eigenvalue weighted by Gasteiger charge is -2.24. The monoisotopic (exact) mass is 281 g/mol. The second kappa shape index (κ2) is 7.61. The molecule has 2 fully saturated rings. The number of hydrogen-bond acceptors (Lipinski definition) is 1. The van der Waals surface area contributed by atoms with Gasteiger partial charge in [-0.05, 0) is 37.2 Å². The summed E-state index contributed by atoms with van der Waals surface area (Å²) < 4.78 is 0. The molecule has 0 saturated heterocycles. The van der Waals surface area contributed by atoms with Gasteiger partial charge in [0.15, 0.2) is 0 Å². The van der Waals surface area contributed by atoms with Crippen LogP contribution >= 0.6 is 0 Å². The van der Waals surface area contributed by atoms with Crippen molar-refractivity contribution in [1.29, 1.82) is 0 Å². The standard InChI is InChI=1S/C20H27N/c1-3-8-17(9-4-1)10-7-13-19(16-21-20-14-15-20)18-11-5-2-6-12-18/h1,3-4,7-10,13,18,20-21H,2,5-6,11-12,14-16H2. The Morgan fingerprint density at radius 2 is 1.76 bits per heavy atom. The Kier molecular flexibility index (Phi) is 5.29. The van der Waals surface area contributed by atoms with Gasteiger partial charge in [-0.2, -0.15) is 0 Å². The van der Waals surface area contributed by atoms with Crippen molar-refractivity contribution in [2.75, 3.05) is 6.54 Å². The molecule has 0 amide bonds. The maximum atomic E-state index is 3.70. The van der Waals surface area contributed by atoms with Crippen molar-refractivity contribution >= 4 is 6.08 Å². The fourth-order valence-corrected chi connectivity index (χ4v) is 3.21. The summed E-state index contributed by atoms with van der Waals surface area (Å²) in [6.45, 7) is 1.09. The zero-order valence-corrected chi connectivity index (χ0v) is 12.9. The first-order valence-corrected chi connectivity index (χ1v) is 8.57. The van der Waals surface area contributed by atoms with Crippen LogP contribution in [0.3, 0.4) is 0 Å². The molecule has 2 saturated carbocycles. The topological polar surface area (TPSA) is 12.0 Å². The molecule has 1 nitrogen and oxygen atoms in total. The van der Waals surface area contributed by atoms with Crippen molar-refractivity contribution in [2.45, 2.75) is 51.0 Å². The van der Waals surface area contributed by atoms with Gasteiger partial charge in [0.2, 0.25) is 0 Å². The molecule has 1 N–H and O–H groups in total. The highest BCUT2D eigenvalue weighted by Crippen LogP contribution is 2.30. The summed E-state index contributed by atoms with van der Waals surface area (Å²) in [6.07, 6.45) is 16.6. The molecular formula is C20H27N. The van der Waals surface area contributed by atoms with E-state index in [0.29, 0.717) is 0 Å². The highest BCUT2D eigenvalue weighted by atomic mass is 14.9. The number of allylic oxidation sites excluding steroid dienone is 2. The van der Waals surface area contributed by atoms with Gasteiger partial charge in [-0.3, -0.25) is 0 Å². The molecule has 0 unspecified atom stereocenters. The maximum absolute atomic E-state index is 3.70. The van der Waals surface area contributed by atoms with Gasteiger partial charge in [-0.1, -0.05) is 73.4 Å². The third-order valence-electron chi connectivity index (χ3n) is 4.70. The fourth-order valence-electron chi connectivity index (χ4n) is 3.21. The first kappa shape index (κ1) is 14.6. The van der Waals surface area contributed by atoms with Crippen molar-refractivity contribution in [3.63, 3.8) is 0 Å². The highest BCUT2D eigenvalue weighted by molar-refractivity contribution is 5.51. The van der Waals surface area contributed by atoms with E-state index in [1.165, 1.54) is 50.5 Å². The molecule has 3 rings (SSSR count). The summed E-state index contributed by atoms with van der Waals surface area (Å²) >= 11 is 0. The van der Waals surface area contributed by atoms with Crippen LogP contribution in [0.25, 0.3) is 6.08 Å². The zero-order valence-electron chi connectivity index (χ0n) is 12.9. The molecule has 2 aliphatic carbocycles. The lowest BCUT2D eigenvalue weighted by atomic mass is 9.83. The van der Waals surface area contributed by atoms with Gasteiger partial charge in [0.05, 0.1) is 0 Å². The normalized spacial score (nSPS) is 21.0. The molecule has 0 heterocycles. The Morgan fingerprint density at radius 1 is 1.00 bits per heavy atom. The van der Waals surface area contributed by atoms with Crippen LogP contribution in [0.4, 0.5) is 0 Å². The summed E-state index contributed by atoms with van der Waals surface area (Å²) in [5, 5.41) is 3.70. The number of hydrogen-bond donors (Lipinski definition) is 1. The fraction of sp³-hybridized carbons (Fsp3) is 0.500. The predicted molar refractivity (Wildman–Crippen MR) is 91.2 cm³/mol. The quantitative estimate of drug-likeness (QED) is 0.727. The van der Waals surface area contributed by atoms with Crippen molar-refractivity contribution in [3.8, 4) is 0 Å². The Balaban J connectivity index is 1.63. The summed E-state index contributed by atoms with van der Waals surface area (Å²) in [6, 6.07) is 11.4. The predicted octanol–water partition coefficient (Wildman–Crippen LogP) is 4.96. The van der Waals surface area contributed by atoms with Gasteiger partial charge >= 0.3 is 0 Å². The lowest BCUT2D eigenvalue weighted by molar-refractivity contribution is 0.394. The Bertz CT molecular complexity index is 476. The van der Waals surface area contributed by atoms with E-state index in [-0.39, 0.29) is 0 Å². The van der Waals surface area contributed by atoms with Crippen LogP contribution in [0.5, 0.6) is 0 Å². The first-order valence-electron chi connectivity index (χ1n) is 8.57. The molecule has 1 aromatic rings. The third kappa shape index (κ3) is 4.86. The number of benzene rings is 1. The minimum Gasteiger partial charge on any atom is -0.310 e. The van der Waals surface area contributed by atoms with Gasteiger partial charge in [0.25, 0.3) is 0 Å². The van der Waals surface area contributed by atoms with Crippen LogP contribution in [0.1, 0.15) is 50.5 Å². The van der Waals surface area contributed by atoms with Crippen molar-refractivity contribution < 1.29 is 0 Å². The van der Waals surface area contributed by atoms with E-state index >= 15 is 0 Å². The summed E-state index contributed by atoms with van der Waals surface area (Å²) in [4.78, 5) is 0. The Hall–Kier alpha value is -1.34. The molecule has 0 aliphatic heterocycles. The average molecular weight is 281 g/mol. The molecule has 1 aromatic carbocycles. The van der Waals surface area contributed by atoms with E-state index in [1.54, 1.807) is 5.57 Å². The van der Waals surface area contributed by atoms with Crippen LogP contribution in [-0.2, 0) is 0 Å². The van der Waals surface area contributed by atoms with Gasteiger partial charge in [-0.25, -0.2) is 0 Å². The molecule has 112 valence electrons. The molecule has 0 atom stereocenters. The van der Waals surface area contributed by atoms with Gasteiger partial charge in [0, 0.05) is 12.6 Å². The lowest BCUT2D eigenvalue weighted by Crippen LogP contribution is -2.23. The van der Waals surface area contributed by atoms with Crippen molar-refractivity contribution in [3.05, 3.63) is 53.6 Å². The average Bonchev–Trinajstić information content (AvgIpc) is 3.37. The van der Waals surface area contributed by atoms with Crippen LogP contribution in [0.15, 0.2) is 48.1 Å². The third-order valence-corrected chi connectivity index (χ3v) is 4.70. The molecule has 0 radical (unpaired) electrons. The Morgan fingerprint density at radius 3 is 2.48 bits per heavy atom. The van der Waals surface area contributed by atoms with Crippen molar-refractivity contribution in [1.82, 2.24) is 5.32 Å². The SMILES string of the molecule is C(=Cc1ccccc1)C=C(CNC1CC1)C1CCCCC1. The first-order chi connectivity index (χ1) is 10.4. The van der Waals surface area contributed by atoms with E-state index in [0.717, 1.165) is 18.5 Å². The van der Waals surface area contributed by atoms with E-state index in [1.807, 2.05) is 0 Å². The zero-order chi connectivity index (χ0) is 14.3. The van der Waals surface area contributed by atoms with Gasteiger partial charge < -0.3 is 5.32 Å². The van der Waals surface area contributed by atoms with E-state index in [9.17, 15) is 0 Å². The Labute approximate surface area is 129 Å². The van der Waals surface area contributed by atoms with E-state index in [4.69, 9.17) is 0 Å². The maximum Gasteiger partial charge on any atom is 0.0173 e. The smallest absolute Gasteiger partial charge is 0.0173 e. The second-order valence-electron chi connectivity index (χ2n) is 6.50. The molecule has 0 spiro atoms. The van der Waals surface area contributed by atoms with Crippen LogP contribution in [0.2, 0.25) is 0 Å². The summed E-state index contributed by atoms with van der Waals surface area (Å²) in [7, 11) is 0. The largest absolute Gasteiger partial charge is 0.310 e. The summed E-state index contributed by atoms with van der Waals surface area (Å²) in [5.74, 6) is 0.811. The minimum absolute atomic E-state index is 0.801. The number of rotatable bonds is 6. The summed E-state index contributed by atoms with van der Waals surface area (Å²) in [5.41, 5.74) is 2.90. The van der Waals surface area contributed by atoms with Crippen molar-refractivity contribution in [2.24, 2.45) is 5.92 Å². The van der Waals surface area contributed by atoms with Gasteiger partial charge in [-0.15, -0.1) is 0 Å². The molecule has 0 aromatic heterocycles. The van der Waals surface area contributed by atoms with Gasteiger partial charge in [0.1, 0.15) is 0 Å². The molecule has 1 heteroatoms. The second-order valence-corrected chi connectivity index (χ2v) is 6.50. The number of nitrogens with one attached hydrogen (secondary N) is 1. The van der Waals surface area contributed by atoms with E-state index in [2.05, 4.69) is 53.9 Å². The molecule has 2 aliphatic rings. The van der Waals surface area contributed by atoms with E-state index < -0.39 is 0 Å². The molecular weight excluding hydrogens is 254 g/mol. The molecule has 0 bridgehead atoms. The molecule has 21 heavy (non-hydrogen) atoms. The van der Waals surface area contributed by atoms with Crippen LogP contribution in [-0.4, -0.2) is 12.6 Å². The van der Waals surface area contributed by atoms with Crippen LogP contribution < -0.4 is 5.32 Å².